The van der Waals surface area contributed by atoms with Crippen LogP contribution < -0.4 is 25.8 Å². The summed E-state index contributed by atoms with van der Waals surface area (Å²) in [6.07, 6.45) is -8.72. The Hall–Kier alpha value is -4.86. The average molecular weight is 755 g/mol. The van der Waals surface area contributed by atoms with Crippen molar-refractivity contribution in [3.8, 4) is 22.8 Å². The number of ether oxygens (including phenoxy) is 2. The summed E-state index contributed by atoms with van der Waals surface area (Å²) in [5.41, 5.74) is 6.54. The summed E-state index contributed by atoms with van der Waals surface area (Å²) in [6, 6.07) is 24.0. The minimum absolute atomic E-state index is 0.0202. The van der Waals surface area contributed by atoms with Crippen LogP contribution in [0.3, 0.4) is 0 Å². The van der Waals surface area contributed by atoms with Crippen LogP contribution in [0, 0.1) is 0 Å². The normalized spacial score (nSPS) is 10.8. The van der Waals surface area contributed by atoms with Crippen molar-refractivity contribution < 1.29 is 40.6 Å². The van der Waals surface area contributed by atoms with Gasteiger partial charge in [-0.1, -0.05) is 12.1 Å². The number of nitrogens with two attached hydrogens (primary N) is 1. The Kier molecular flexibility index (Phi) is 14.4. The highest BCUT2D eigenvalue weighted by Gasteiger charge is 2.31. The number of anilines is 3. The van der Waals surface area contributed by atoms with E-state index in [0.29, 0.717) is 16.4 Å². The molecule has 16 heteroatoms. The first-order valence-electron chi connectivity index (χ1n) is 14.1. The van der Waals surface area contributed by atoms with E-state index in [0.717, 1.165) is 47.0 Å². The monoisotopic (exact) mass is 754 g/mol. The SMILES string of the molecule is COc1ccc(-c2csc(Nc3cccc(C(F)(F)F)c3)n2)cc1.COc1ccc(C(=O)CCl)cc1.NC(=S)Nc1cccc(C(F)(F)F)c1. The quantitative estimate of drug-likeness (QED) is 0.0624. The molecule has 7 nitrogen and oxygen atoms in total. The van der Waals surface area contributed by atoms with Crippen LogP contribution in [-0.2, 0) is 12.4 Å². The molecule has 0 spiro atoms. The zero-order valence-electron chi connectivity index (χ0n) is 26.2. The number of aromatic nitrogens is 1. The number of rotatable bonds is 8. The molecule has 1 heterocycles. The minimum Gasteiger partial charge on any atom is -0.497 e. The molecule has 4 N–H and O–H groups in total. The topological polar surface area (TPSA) is 98.5 Å². The Morgan fingerprint density at radius 3 is 1.80 bits per heavy atom. The fourth-order valence-electron chi connectivity index (χ4n) is 3.89. The van der Waals surface area contributed by atoms with E-state index in [-0.39, 0.29) is 22.5 Å². The van der Waals surface area contributed by atoms with Crippen molar-refractivity contribution >= 4 is 62.6 Å². The number of alkyl halides is 7. The highest BCUT2D eigenvalue weighted by atomic mass is 35.5. The van der Waals surface area contributed by atoms with Gasteiger partial charge in [-0.05, 0) is 97.1 Å². The summed E-state index contributed by atoms with van der Waals surface area (Å²) < 4.78 is 84.9. The lowest BCUT2D eigenvalue weighted by molar-refractivity contribution is -0.138. The highest BCUT2D eigenvalue weighted by Crippen LogP contribution is 2.33. The van der Waals surface area contributed by atoms with Gasteiger partial charge in [0.25, 0.3) is 0 Å². The minimum atomic E-state index is -4.37. The first-order valence-corrected chi connectivity index (χ1v) is 16.0. The number of nitrogens with one attached hydrogen (secondary N) is 2. The third kappa shape index (κ3) is 12.5. The molecule has 0 saturated heterocycles. The average Bonchev–Trinajstić information content (AvgIpc) is 3.56. The maximum Gasteiger partial charge on any atom is 0.416 e. The maximum absolute atomic E-state index is 12.7. The van der Waals surface area contributed by atoms with E-state index in [4.69, 9.17) is 26.8 Å². The van der Waals surface area contributed by atoms with Gasteiger partial charge in [-0.15, -0.1) is 22.9 Å². The molecule has 5 aromatic rings. The summed E-state index contributed by atoms with van der Waals surface area (Å²) in [4.78, 5) is 15.4. The van der Waals surface area contributed by atoms with Crippen LogP contribution in [0.25, 0.3) is 11.3 Å². The first-order chi connectivity index (χ1) is 23.6. The molecule has 50 heavy (non-hydrogen) atoms. The number of Topliss-reactive ketones (excluding diaryl/α,β-unsaturated/α-hetero) is 1. The van der Waals surface area contributed by atoms with Crippen LogP contribution in [0.2, 0.25) is 0 Å². The molecule has 264 valence electrons. The molecule has 0 saturated carbocycles. The third-order valence-electron chi connectivity index (χ3n) is 6.32. The highest BCUT2D eigenvalue weighted by molar-refractivity contribution is 7.80. The van der Waals surface area contributed by atoms with Crippen LogP contribution in [-0.4, -0.2) is 36.0 Å². The van der Waals surface area contributed by atoms with E-state index in [2.05, 4.69) is 27.8 Å². The predicted octanol–water partition coefficient (Wildman–Crippen LogP) is 10.1. The zero-order valence-corrected chi connectivity index (χ0v) is 28.6. The van der Waals surface area contributed by atoms with E-state index >= 15 is 0 Å². The molecule has 1 aromatic heterocycles. The van der Waals surface area contributed by atoms with E-state index in [1.165, 1.54) is 29.5 Å². The molecule has 0 aliphatic carbocycles. The zero-order chi connectivity index (χ0) is 36.9. The molecular formula is C34H29ClF6N4O3S2. The number of carbonyl (C=O) groups is 1. The van der Waals surface area contributed by atoms with E-state index in [1.54, 1.807) is 44.6 Å². The lowest BCUT2D eigenvalue weighted by Crippen LogP contribution is -2.19. The Balaban J connectivity index is 0.000000222. The summed E-state index contributed by atoms with van der Waals surface area (Å²) in [5.74, 6) is 1.43. The Morgan fingerprint density at radius 1 is 0.820 bits per heavy atom. The molecule has 4 aromatic carbocycles. The molecule has 0 radical (unpaired) electrons. The lowest BCUT2D eigenvalue weighted by atomic mass is 10.1. The van der Waals surface area contributed by atoms with Gasteiger partial charge in [-0.2, -0.15) is 26.3 Å². The van der Waals surface area contributed by atoms with Crippen molar-refractivity contribution in [3.05, 3.63) is 119 Å². The summed E-state index contributed by atoms with van der Waals surface area (Å²) >= 11 is 11.2. The Bertz CT molecular complexity index is 1850. The summed E-state index contributed by atoms with van der Waals surface area (Å²) in [5, 5.41) is 7.65. The largest absolute Gasteiger partial charge is 0.497 e. The number of benzene rings is 4. The van der Waals surface area contributed by atoms with Crippen molar-refractivity contribution in [2.45, 2.75) is 12.4 Å². The van der Waals surface area contributed by atoms with Crippen LogP contribution in [0.4, 0.5) is 42.8 Å². The van der Waals surface area contributed by atoms with E-state index < -0.39 is 23.5 Å². The molecule has 5 rings (SSSR count). The van der Waals surface area contributed by atoms with Crippen molar-refractivity contribution in [2.24, 2.45) is 5.73 Å². The van der Waals surface area contributed by atoms with Crippen LogP contribution in [0.1, 0.15) is 21.5 Å². The number of nitrogens with zero attached hydrogens (tertiary/aromatic N) is 1. The van der Waals surface area contributed by atoms with E-state index in [1.807, 2.05) is 29.6 Å². The molecule has 0 aliphatic rings. The second-order valence-corrected chi connectivity index (χ2v) is 11.4. The molecule has 0 fully saturated rings. The second kappa shape index (κ2) is 18.2. The van der Waals surface area contributed by atoms with Gasteiger partial charge in [0, 0.05) is 27.9 Å². The number of ketones is 1. The van der Waals surface area contributed by atoms with Gasteiger partial charge in [0.2, 0.25) is 0 Å². The van der Waals surface area contributed by atoms with Gasteiger partial charge in [-0.3, -0.25) is 4.79 Å². The third-order valence-corrected chi connectivity index (χ3v) is 7.42. The number of carbonyl (C=O) groups excluding carboxylic acids is 1. The number of halogens is 7. The van der Waals surface area contributed by atoms with Crippen LogP contribution >= 0.6 is 35.2 Å². The van der Waals surface area contributed by atoms with Gasteiger partial charge in [0.05, 0.1) is 36.9 Å². The molecule has 0 aliphatic heterocycles. The van der Waals surface area contributed by atoms with Gasteiger partial charge >= 0.3 is 12.4 Å². The van der Waals surface area contributed by atoms with Gasteiger partial charge in [0.15, 0.2) is 16.0 Å². The fourth-order valence-corrected chi connectivity index (χ4v) is 4.90. The van der Waals surface area contributed by atoms with Crippen LogP contribution in [0.15, 0.2) is 102 Å². The number of hydrogen-bond acceptors (Lipinski definition) is 7. The molecule has 0 unspecified atom stereocenters. The maximum atomic E-state index is 12.7. The number of hydrogen-bond donors (Lipinski definition) is 3. The van der Waals surface area contributed by atoms with Crippen molar-refractivity contribution in [3.63, 3.8) is 0 Å². The van der Waals surface area contributed by atoms with Crippen molar-refractivity contribution in [1.82, 2.24) is 4.98 Å². The van der Waals surface area contributed by atoms with Crippen molar-refractivity contribution in [1.29, 1.82) is 0 Å². The smallest absolute Gasteiger partial charge is 0.416 e. The van der Waals surface area contributed by atoms with Gasteiger partial charge < -0.3 is 25.8 Å². The first kappa shape index (κ1) is 39.6. The standard InChI is InChI=1S/C17H13F3N2OS.C9H9ClO2.C8H7F3N2S/c1-23-14-7-5-11(6-8-14)15-10-24-16(22-15)21-13-4-2-3-12(9-13)17(18,19)20;1-12-8-4-2-7(3-5-8)9(11)6-10;9-8(10,11)5-2-1-3-6(4-5)13-7(12)14/h2-10H,1H3,(H,21,22);2-5H,6H2,1H3;1-4H,(H3,12,13,14). The van der Waals surface area contributed by atoms with E-state index in [9.17, 15) is 31.1 Å². The van der Waals surface area contributed by atoms with Crippen LogP contribution in [0.5, 0.6) is 11.5 Å². The predicted molar refractivity (Wildman–Crippen MR) is 189 cm³/mol. The fraction of sp³-hybridized carbons (Fsp3) is 0.147. The molecular weight excluding hydrogens is 726 g/mol. The number of thiocarbonyl (C=S) groups is 1. The summed E-state index contributed by atoms with van der Waals surface area (Å²) in [7, 11) is 3.17. The number of methoxy groups -OCH3 is 2. The second-order valence-electron chi connectivity index (χ2n) is 9.82. The summed E-state index contributed by atoms with van der Waals surface area (Å²) in [6.45, 7) is 0. The van der Waals surface area contributed by atoms with Gasteiger partial charge in [0.1, 0.15) is 11.5 Å². The molecule has 0 atom stereocenters. The lowest BCUT2D eigenvalue weighted by Gasteiger charge is -2.09. The number of thiazole rings is 1. The van der Waals surface area contributed by atoms with Crippen molar-refractivity contribution in [2.75, 3.05) is 30.7 Å². The molecule has 0 bridgehead atoms. The van der Waals surface area contributed by atoms with Gasteiger partial charge in [-0.25, -0.2) is 4.98 Å². The molecule has 0 amide bonds. The Morgan fingerprint density at radius 2 is 1.32 bits per heavy atom. The Labute approximate surface area is 298 Å².